The summed E-state index contributed by atoms with van der Waals surface area (Å²) in [6, 6.07) is 11.7. The number of carboxylic acid groups (broad SMARTS) is 1. The fraction of sp³-hybridized carbons (Fsp3) is 0.348. The maximum atomic E-state index is 13.4. The number of hydrogen-bond donors (Lipinski definition) is 3. The first-order valence-corrected chi connectivity index (χ1v) is 10.3. The number of alkyl halides is 3. The molecular formula is C23H23F3N2O5. The second-order valence-electron chi connectivity index (χ2n) is 7.83. The minimum atomic E-state index is -4.90. The summed E-state index contributed by atoms with van der Waals surface area (Å²) >= 11 is 0. The average Bonchev–Trinajstić information content (AvgIpc) is 3.04. The van der Waals surface area contributed by atoms with E-state index in [-0.39, 0.29) is 12.5 Å². The van der Waals surface area contributed by atoms with Crippen molar-refractivity contribution in [2.45, 2.75) is 43.9 Å². The van der Waals surface area contributed by atoms with Crippen LogP contribution in [-0.2, 0) is 14.3 Å². The molecule has 3 N–H and O–H groups in total. The molecule has 3 rings (SSSR count). The van der Waals surface area contributed by atoms with Gasteiger partial charge >= 0.3 is 18.2 Å². The number of benzene rings is 2. The van der Waals surface area contributed by atoms with Gasteiger partial charge in [-0.25, -0.2) is 4.79 Å². The van der Waals surface area contributed by atoms with Crippen LogP contribution in [0.2, 0.25) is 0 Å². The Hall–Kier alpha value is -3.56. The first kappa shape index (κ1) is 24.1. The maximum Gasteiger partial charge on any atom is 0.409 e. The summed E-state index contributed by atoms with van der Waals surface area (Å²) in [6.45, 7) is 1.18. The van der Waals surface area contributed by atoms with E-state index in [1.54, 1.807) is 5.32 Å². The molecular weight excluding hydrogens is 441 g/mol. The fourth-order valence-electron chi connectivity index (χ4n) is 3.86. The van der Waals surface area contributed by atoms with Gasteiger partial charge in [0.25, 0.3) is 0 Å². The topological polar surface area (TPSA) is 105 Å². The molecule has 2 amide bonds. The molecule has 0 heterocycles. The van der Waals surface area contributed by atoms with Crippen LogP contribution in [0.4, 0.5) is 18.0 Å². The SMILES string of the molecule is CC(CC(=O)O)NC(=O)CC(NC(=O)OCC1c2ccccc2-c2ccccc21)C(F)(F)F. The Labute approximate surface area is 187 Å². The van der Waals surface area contributed by atoms with Crippen molar-refractivity contribution in [2.75, 3.05) is 6.61 Å². The van der Waals surface area contributed by atoms with Gasteiger partial charge < -0.3 is 20.5 Å². The zero-order valence-electron chi connectivity index (χ0n) is 17.7. The first-order valence-electron chi connectivity index (χ1n) is 10.3. The zero-order valence-corrected chi connectivity index (χ0v) is 17.7. The monoisotopic (exact) mass is 464 g/mol. The van der Waals surface area contributed by atoms with Crippen LogP contribution >= 0.6 is 0 Å². The number of carbonyl (C=O) groups excluding carboxylic acids is 2. The molecule has 1 aliphatic carbocycles. The number of halogens is 3. The van der Waals surface area contributed by atoms with Gasteiger partial charge in [-0.1, -0.05) is 48.5 Å². The Balaban J connectivity index is 1.62. The number of amides is 2. The molecule has 2 atom stereocenters. The number of carbonyl (C=O) groups is 3. The van der Waals surface area contributed by atoms with E-state index < -0.39 is 49.1 Å². The van der Waals surface area contributed by atoms with Crippen LogP contribution in [0, 0.1) is 0 Å². The largest absolute Gasteiger partial charge is 0.481 e. The lowest BCUT2D eigenvalue weighted by Crippen LogP contribution is -2.49. The van der Waals surface area contributed by atoms with Crippen LogP contribution in [0.5, 0.6) is 0 Å². The van der Waals surface area contributed by atoms with Crippen molar-refractivity contribution >= 4 is 18.0 Å². The molecule has 0 aromatic heterocycles. The highest BCUT2D eigenvalue weighted by Crippen LogP contribution is 2.44. The maximum absolute atomic E-state index is 13.4. The molecule has 0 spiro atoms. The molecule has 10 heteroatoms. The Morgan fingerprint density at radius 1 is 0.970 bits per heavy atom. The molecule has 0 aliphatic heterocycles. The van der Waals surface area contributed by atoms with Gasteiger partial charge in [0.2, 0.25) is 5.91 Å². The lowest BCUT2D eigenvalue weighted by Gasteiger charge is -2.22. The van der Waals surface area contributed by atoms with Gasteiger partial charge in [0.15, 0.2) is 0 Å². The minimum absolute atomic E-state index is 0.174. The normalized spacial score (nSPS) is 14.5. The Morgan fingerprint density at radius 2 is 1.52 bits per heavy atom. The second-order valence-corrected chi connectivity index (χ2v) is 7.83. The Bertz CT molecular complexity index is 995. The van der Waals surface area contributed by atoms with Gasteiger partial charge in [-0.3, -0.25) is 9.59 Å². The highest BCUT2D eigenvalue weighted by molar-refractivity contribution is 5.80. The molecule has 1 aliphatic rings. The number of hydrogen-bond acceptors (Lipinski definition) is 4. The third-order valence-electron chi connectivity index (χ3n) is 5.31. The second kappa shape index (κ2) is 9.93. The third-order valence-corrected chi connectivity index (χ3v) is 5.31. The van der Waals surface area contributed by atoms with Gasteiger partial charge in [-0.15, -0.1) is 0 Å². The van der Waals surface area contributed by atoms with Gasteiger partial charge in [0, 0.05) is 12.0 Å². The van der Waals surface area contributed by atoms with Crippen LogP contribution in [0.25, 0.3) is 11.1 Å². The number of ether oxygens (including phenoxy) is 1. The van der Waals surface area contributed by atoms with Gasteiger partial charge in [0.05, 0.1) is 12.8 Å². The van der Waals surface area contributed by atoms with E-state index in [1.807, 2.05) is 48.5 Å². The van der Waals surface area contributed by atoms with E-state index in [0.717, 1.165) is 22.3 Å². The van der Waals surface area contributed by atoms with Gasteiger partial charge in [-0.2, -0.15) is 13.2 Å². The highest BCUT2D eigenvalue weighted by atomic mass is 19.4. The van der Waals surface area contributed by atoms with Crippen molar-refractivity contribution in [3.63, 3.8) is 0 Å². The number of rotatable bonds is 8. The number of nitrogens with one attached hydrogen (secondary N) is 2. The van der Waals surface area contributed by atoms with E-state index in [4.69, 9.17) is 9.84 Å². The predicted molar refractivity (Wildman–Crippen MR) is 113 cm³/mol. The molecule has 0 fully saturated rings. The number of carboxylic acids is 1. The molecule has 0 saturated heterocycles. The molecule has 2 unspecified atom stereocenters. The molecule has 0 saturated carbocycles. The van der Waals surface area contributed by atoms with Crippen molar-refractivity contribution < 1.29 is 37.4 Å². The van der Waals surface area contributed by atoms with Gasteiger partial charge in [0.1, 0.15) is 12.6 Å². The number of fused-ring (bicyclic) bond motifs is 3. The highest BCUT2D eigenvalue weighted by Gasteiger charge is 2.42. The van der Waals surface area contributed by atoms with Crippen molar-refractivity contribution in [2.24, 2.45) is 0 Å². The van der Waals surface area contributed by atoms with Crippen molar-refractivity contribution in [3.05, 3.63) is 59.7 Å². The molecule has 0 radical (unpaired) electrons. The predicted octanol–water partition coefficient (Wildman–Crippen LogP) is 3.83. The Kier molecular flexibility index (Phi) is 7.25. The van der Waals surface area contributed by atoms with Crippen molar-refractivity contribution in [1.29, 1.82) is 0 Å². The Morgan fingerprint density at radius 3 is 2.03 bits per heavy atom. The molecule has 33 heavy (non-hydrogen) atoms. The fourth-order valence-corrected chi connectivity index (χ4v) is 3.86. The van der Waals surface area contributed by atoms with E-state index >= 15 is 0 Å². The van der Waals surface area contributed by atoms with E-state index in [0.29, 0.717) is 0 Å². The summed E-state index contributed by atoms with van der Waals surface area (Å²) in [5.41, 5.74) is 3.76. The first-order chi connectivity index (χ1) is 15.6. The molecule has 0 bridgehead atoms. The summed E-state index contributed by atoms with van der Waals surface area (Å²) in [5.74, 6) is -2.57. The summed E-state index contributed by atoms with van der Waals surface area (Å²) in [7, 11) is 0. The summed E-state index contributed by atoms with van der Waals surface area (Å²) in [6.07, 6.45) is -7.75. The smallest absolute Gasteiger partial charge is 0.409 e. The van der Waals surface area contributed by atoms with E-state index in [2.05, 4.69) is 5.32 Å². The van der Waals surface area contributed by atoms with Crippen LogP contribution in [0.3, 0.4) is 0 Å². The van der Waals surface area contributed by atoms with E-state index in [9.17, 15) is 27.6 Å². The quantitative estimate of drug-likeness (QED) is 0.551. The average molecular weight is 464 g/mol. The van der Waals surface area contributed by atoms with Crippen LogP contribution in [0.1, 0.15) is 36.8 Å². The van der Waals surface area contributed by atoms with Gasteiger partial charge in [-0.05, 0) is 29.2 Å². The van der Waals surface area contributed by atoms with Crippen LogP contribution in [-0.4, -0.2) is 47.9 Å². The van der Waals surface area contributed by atoms with E-state index in [1.165, 1.54) is 6.92 Å². The molecule has 2 aromatic rings. The lowest BCUT2D eigenvalue weighted by atomic mass is 9.98. The minimum Gasteiger partial charge on any atom is -0.481 e. The summed E-state index contributed by atoms with van der Waals surface area (Å²) in [4.78, 5) is 34.8. The molecule has 2 aromatic carbocycles. The standard InChI is InChI=1S/C23H23F3N2O5/c1-13(10-21(30)31)27-20(29)11-19(23(24,25)26)28-22(32)33-12-18-16-8-4-2-6-14(16)15-7-3-5-9-17(15)18/h2-9,13,18-19H,10-12H2,1H3,(H,27,29)(H,28,32)(H,30,31). The van der Waals surface area contributed by atoms with Crippen molar-refractivity contribution in [1.82, 2.24) is 10.6 Å². The zero-order chi connectivity index (χ0) is 24.2. The number of aliphatic carboxylic acids is 1. The van der Waals surface area contributed by atoms with Crippen molar-refractivity contribution in [3.8, 4) is 11.1 Å². The summed E-state index contributed by atoms with van der Waals surface area (Å²) in [5, 5.41) is 12.6. The summed E-state index contributed by atoms with van der Waals surface area (Å²) < 4.78 is 45.3. The third kappa shape index (κ3) is 6.03. The van der Waals surface area contributed by atoms with Crippen LogP contribution < -0.4 is 10.6 Å². The molecule has 7 nitrogen and oxygen atoms in total. The lowest BCUT2D eigenvalue weighted by molar-refractivity contribution is -0.160. The number of alkyl carbamates (subject to hydrolysis) is 1. The van der Waals surface area contributed by atoms with Crippen LogP contribution in [0.15, 0.2) is 48.5 Å². The molecule has 176 valence electrons.